The van der Waals surface area contributed by atoms with Crippen molar-refractivity contribution >= 4 is 28.6 Å². The first-order valence-electron chi connectivity index (χ1n) is 5.47. The van der Waals surface area contributed by atoms with E-state index in [-0.39, 0.29) is 23.5 Å². The number of hydrogen-bond donors (Lipinski definition) is 1. The maximum absolute atomic E-state index is 11.9. The van der Waals surface area contributed by atoms with Crippen molar-refractivity contribution in [3.05, 3.63) is 35.4 Å². The van der Waals surface area contributed by atoms with Gasteiger partial charge in [0.2, 0.25) is 0 Å². The number of carbonyl (C=O) groups is 2. The Labute approximate surface area is 109 Å². The van der Waals surface area contributed by atoms with Gasteiger partial charge in [-0.05, 0) is 18.6 Å². The summed E-state index contributed by atoms with van der Waals surface area (Å²) < 4.78 is 0. The summed E-state index contributed by atoms with van der Waals surface area (Å²) in [6.07, 6.45) is 0.791. The zero-order valence-electron chi connectivity index (χ0n) is 9.47. The number of oxime groups is 1. The van der Waals surface area contributed by atoms with Gasteiger partial charge in [0.25, 0.3) is 11.8 Å². The van der Waals surface area contributed by atoms with Crippen molar-refractivity contribution in [2.45, 2.75) is 12.8 Å². The Bertz CT molecular complexity index is 493. The molecule has 18 heavy (non-hydrogen) atoms. The summed E-state index contributed by atoms with van der Waals surface area (Å²) in [5.74, 6) is -0.569. The fourth-order valence-electron chi connectivity index (χ4n) is 1.88. The Balaban J connectivity index is 2.05. The molecule has 1 heterocycles. The van der Waals surface area contributed by atoms with E-state index >= 15 is 0 Å². The minimum absolute atomic E-state index is 0.0617. The Hall–Kier alpha value is -1.88. The lowest BCUT2D eigenvalue weighted by molar-refractivity contribution is 0.0653. The number of amides is 2. The van der Waals surface area contributed by atoms with Crippen molar-refractivity contribution in [3.8, 4) is 0 Å². The van der Waals surface area contributed by atoms with Crippen LogP contribution in [0.4, 0.5) is 0 Å². The largest absolute Gasteiger partial charge is 0.410 e. The third kappa shape index (κ3) is 2.22. The summed E-state index contributed by atoms with van der Waals surface area (Å²) in [6.45, 7) is 0.262. The average Bonchev–Trinajstić information content (AvgIpc) is 2.64. The van der Waals surface area contributed by atoms with Crippen LogP contribution in [-0.2, 0) is 0 Å². The maximum Gasteiger partial charge on any atom is 0.261 e. The third-order valence-corrected chi connectivity index (χ3v) is 3.02. The number of imide groups is 1. The maximum atomic E-state index is 11.9. The van der Waals surface area contributed by atoms with Crippen LogP contribution in [0.1, 0.15) is 33.6 Å². The van der Waals surface area contributed by atoms with Gasteiger partial charge in [0.1, 0.15) is 5.17 Å². The van der Waals surface area contributed by atoms with Gasteiger partial charge in [0.15, 0.2) is 0 Å². The van der Waals surface area contributed by atoms with Crippen molar-refractivity contribution < 1.29 is 14.8 Å². The summed E-state index contributed by atoms with van der Waals surface area (Å²) in [5, 5.41) is 11.3. The molecule has 0 saturated carbocycles. The van der Waals surface area contributed by atoms with Crippen molar-refractivity contribution in [3.63, 3.8) is 0 Å². The Morgan fingerprint density at radius 2 is 1.78 bits per heavy atom. The van der Waals surface area contributed by atoms with Gasteiger partial charge in [-0.25, -0.2) is 0 Å². The summed E-state index contributed by atoms with van der Waals surface area (Å²) in [4.78, 5) is 25.1. The van der Waals surface area contributed by atoms with Gasteiger partial charge in [0.05, 0.1) is 11.1 Å². The number of benzene rings is 1. The highest BCUT2D eigenvalue weighted by atomic mass is 35.5. The van der Waals surface area contributed by atoms with E-state index in [1.807, 2.05) is 0 Å². The number of rotatable bonds is 4. The molecule has 6 heteroatoms. The second-order valence-electron chi connectivity index (χ2n) is 3.89. The molecule has 2 amide bonds. The number of halogens is 1. The highest BCUT2D eigenvalue weighted by Gasteiger charge is 2.34. The van der Waals surface area contributed by atoms with Crippen LogP contribution in [0.25, 0.3) is 0 Å². The smallest absolute Gasteiger partial charge is 0.261 e. The van der Waals surface area contributed by atoms with Crippen LogP contribution >= 0.6 is 11.6 Å². The molecule has 0 saturated heterocycles. The monoisotopic (exact) mass is 266 g/mol. The number of fused-ring (bicyclic) bond motifs is 1. The Morgan fingerprint density at radius 1 is 1.22 bits per heavy atom. The second-order valence-corrected chi connectivity index (χ2v) is 4.32. The first-order chi connectivity index (χ1) is 8.65. The van der Waals surface area contributed by atoms with E-state index in [1.54, 1.807) is 24.3 Å². The van der Waals surface area contributed by atoms with Gasteiger partial charge in [0, 0.05) is 13.0 Å². The lowest BCUT2D eigenvalue weighted by atomic mass is 10.1. The van der Waals surface area contributed by atoms with E-state index in [4.69, 9.17) is 16.8 Å². The minimum Gasteiger partial charge on any atom is -0.410 e. The zero-order valence-corrected chi connectivity index (χ0v) is 10.2. The minimum atomic E-state index is -0.285. The molecular formula is C12H11ClN2O3. The molecule has 5 nitrogen and oxygen atoms in total. The van der Waals surface area contributed by atoms with E-state index in [9.17, 15) is 9.59 Å². The van der Waals surface area contributed by atoms with Crippen molar-refractivity contribution in [2.75, 3.05) is 6.54 Å². The summed E-state index contributed by atoms with van der Waals surface area (Å²) >= 11 is 5.52. The van der Waals surface area contributed by atoms with Crippen LogP contribution < -0.4 is 0 Å². The molecule has 0 atom stereocenters. The molecule has 1 aliphatic rings. The van der Waals surface area contributed by atoms with Crippen molar-refractivity contribution in [1.29, 1.82) is 0 Å². The van der Waals surface area contributed by atoms with E-state index in [1.165, 1.54) is 4.90 Å². The molecule has 1 aromatic rings. The molecule has 0 aliphatic carbocycles. The molecule has 94 valence electrons. The van der Waals surface area contributed by atoms with Crippen LogP contribution in [0, 0.1) is 0 Å². The number of carbonyl (C=O) groups excluding carboxylic acids is 2. The van der Waals surface area contributed by atoms with Gasteiger partial charge in [-0.1, -0.05) is 28.9 Å². The van der Waals surface area contributed by atoms with Crippen molar-refractivity contribution in [2.24, 2.45) is 5.16 Å². The standard InChI is InChI=1S/C12H11ClN2O3/c13-10(14-18)6-3-7-15-11(16)8-4-1-2-5-9(8)12(15)17/h1-2,4-5,18H,3,6-7H2/b14-10-. The second kappa shape index (κ2) is 5.18. The lowest BCUT2D eigenvalue weighted by Gasteiger charge is -2.12. The van der Waals surface area contributed by atoms with Crippen LogP contribution in [-0.4, -0.2) is 33.6 Å². The molecule has 0 radical (unpaired) electrons. The predicted molar refractivity (Wildman–Crippen MR) is 66.1 cm³/mol. The lowest BCUT2D eigenvalue weighted by Crippen LogP contribution is -2.30. The summed E-state index contributed by atoms with van der Waals surface area (Å²) in [5.41, 5.74) is 0.869. The molecule has 0 unspecified atom stereocenters. The molecule has 1 N–H and O–H groups in total. The van der Waals surface area contributed by atoms with Crippen molar-refractivity contribution in [1.82, 2.24) is 4.90 Å². The van der Waals surface area contributed by atoms with Crippen LogP contribution in [0.5, 0.6) is 0 Å². The molecule has 0 fully saturated rings. The van der Waals surface area contributed by atoms with Gasteiger partial charge in [-0.2, -0.15) is 0 Å². The molecule has 1 aromatic carbocycles. The van der Waals surface area contributed by atoms with Gasteiger partial charge in [-0.3, -0.25) is 14.5 Å². The number of hydrogen-bond acceptors (Lipinski definition) is 4. The van der Waals surface area contributed by atoms with E-state index in [0.717, 1.165) is 0 Å². The van der Waals surface area contributed by atoms with E-state index in [2.05, 4.69) is 5.16 Å². The molecule has 2 rings (SSSR count). The Kier molecular flexibility index (Phi) is 3.62. The first-order valence-corrected chi connectivity index (χ1v) is 5.84. The van der Waals surface area contributed by atoms with Crippen LogP contribution in [0.15, 0.2) is 29.4 Å². The molecule has 0 bridgehead atoms. The summed E-state index contributed by atoms with van der Waals surface area (Å²) in [6, 6.07) is 6.72. The SMILES string of the molecule is O=C1c2ccccc2C(=O)N1CCC/C(Cl)=N/O. The highest BCUT2D eigenvalue weighted by molar-refractivity contribution is 6.65. The molecule has 0 spiro atoms. The van der Waals surface area contributed by atoms with Gasteiger partial charge >= 0.3 is 0 Å². The average molecular weight is 267 g/mol. The molecular weight excluding hydrogens is 256 g/mol. The van der Waals surface area contributed by atoms with Crippen LogP contribution in [0.2, 0.25) is 0 Å². The topological polar surface area (TPSA) is 70.0 Å². The normalized spacial score (nSPS) is 15.2. The molecule has 1 aliphatic heterocycles. The fraction of sp³-hybridized carbons (Fsp3) is 0.250. The van der Waals surface area contributed by atoms with E-state index in [0.29, 0.717) is 24.0 Å². The number of nitrogens with zero attached hydrogens (tertiary/aromatic N) is 2. The highest BCUT2D eigenvalue weighted by Crippen LogP contribution is 2.22. The summed E-state index contributed by atoms with van der Waals surface area (Å²) in [7, 11) is 0. The quantitative estimate of drug-likeness (QED) is 0.393. The van der Waals surface area contributed by atoms with Gasteiger partial charge in [-0.15, -0.1) is 0 Å². The zero-order chi connectivity index (χ0) is 13.1. The van der Waals surface area contributed by atoms with Gasteiger partial charge < -0.3 is 5.21 Å². The Morgan fingerprint density at radius 3 is 2.28 bits per heavy atom. The predicted octanol–water partition coefficient (Wildman–Crippen LogP) is 2.09. The van der Waals surface area contributed by atoms with E-state index < -0.39 is 0 Å². The first kappa shape index (κ1) is 12.6. The molecule has 0 aromatic heterocycles. The third-order valence-electron chi connectivity index (χ3n) is 2.75. The van der Waals surface area contributed by atoms with Crippen LogP contribution in [0.3, 0.4) is 0 Å². The fourth-order valence-corrected chi connectivity index (χ4v) is 2.01.